The number of halogens is 1. The number of carbonyl (C=O) groups is 3. The van der Waals surface area contributed by atoms with Gasteiger partial charge in [0.05, 0.1) is 17.1 Å². The summed E-state index contributed by atoms with van der Waals surface area (Å²) in [5.74, 6) is -1.84. The lowest BCUT2D eigenvalue weighted by Crippen LogP contribution is -2.36. The Labute approximate surface area is 107 Å². The fourth-order valence-corrected chi connectivity index (χ4v) is 1.37. The predicted octanol–water partition coefficient (Wildman–Crippen LogP) is 0.645. The van der Waals surface area contributed by atoms with E-state index in [0.717, 1.165) is 0 Å². The fourth-order valence-electron chi connectivity index (χ4n) is 1.11. The minimum atomic E-state index is -1.16. The Morgan fingerprint density at radius 3 is 2.50 bits per heavy atom. The van der Waals surface area contributed by atoms with Gasteiger partial charge in [0.25, 0.3) is 0 Å². The number of urea groups is 1. The maximum absolute atomic E-state index is 11.3. The Bertz CT molecular complexity index is 504. The van der Waals surface area contributed by atoms with E-state index in [1.165, 1.54) is 18.2 Å². The second-order valence-electron chi connectivity index (χ2n) is 3.27. The molecule has 0 heterocycles. The summed E-state index contributed by atoms with van der Waals surface area (Å²) in [5.41, 5.74) is 5.07. The van der Waals surface area contributed by atoms with Crippen LogP contribution in [-0.2, 0) is 4.79 Å². The number of amides is 3. The standard InChI is InChI=1S/C10H10ClN3O4/c11-7-3-5(1-2-6(7)9(16)17)14-10(18)13-4-8(12)15/h1-3H,4H2,(H2,12,15)(H,16,17)(H2,13,14,18). The summed E-state index contributed by atoms with van der Waals surface area (Å²) < 4.78 is 0. The SMILES string of the molecule is NC(=O)CNC(=O)Nc1ccc(C(=O)O)c(Cl)c1. The summed E-state index contributed by atoms with van der Waals surface area (Å²) in [6, 6.07) is 3.27. The van der Waals surface area contributed by atoms with Crippen molar-refractivity contribution in [3.63, 3.8) is 0 Å². The monoisotopic (exact) mass is 271 g/mol. The average Bonchev–Trinajstić information content (AvgIpc) is 2.26. The zero-order valence-electron chi connectivity index (χ0n) is 9.07. The zero-order chi connectivity index (χ0) is 13.7. The number of primary amides is 1. The van der Waals surface area contributed by atoms with Crippen molar-refractivity contribution in [2.75, 3.05) is 11.9 Å². The predicted molar refractivity (Wildman–Crippen MR) is 64.6 cm³/mol. The van der Waals surface area contributed by atoms with Crippen LogP contribution in [0, 0.1) is 0 Å². The zero-order valence-corrected chi connectivity index (χ0v) is 9.82. The number of rotatable bonds is 4. The molecule has 1 aromatic rings. The molecule has 0 aliphatic rings. The molecule has 0 bridgehead atoms. The molecule has 0 saturated carbocycles. The third-order valence-corrected chi connectivity index (χ3v) is 2.19. The van der Waals surface area contributed by atoms with E-state index >= 15 is 0 Å². The molecule has 8 heteroatoms. The Morgan fingerprint density at radius 1 is 1.33 bits per heavy atom. The minimum Gasteiger partial charge on any atom is -0.478 e. The van der Waals surface area contributed by atoms with Crippen molar-refractivity contribution < 1.29 is 19.5 Å². The molecule has 0 aliphatic carbocycles. The second-order valence-corrected chi connectivity index (χ2v) is 3.68. The molecule has 0 spiro atoms. The molecule has 0 aromatic heterocycles. The molecule has 0 atom stereocenters. The molecule has 7 nitrogen and oxygen atoms in total. The van der Waals surface area contributed by atoms with Gasteiger partial charge in [0.15, 0.2) is 0 Å². The molecule has 5 N–H and O–H groups in total. The highest BCUT2D eigenvalue weighted by Crippen LogP contribution is 2.20. The van der Waals surface area contributed by atoms with Crippen molar-refractivity contribution in [3.8, 4) is 0 Å². The van der Waals surface area contributed by atoms with Gasteiger partial charge in [0.1, 0.15) is 0 Å². The van der Waals surface area contributed by atoms with E-state index in [9.17, 15) is 14.4 Å². The summed E-state index contributed by atoms with van der Waals surface area (Å²) in [4.78, 5) is 32.4. The highest BCUT2D eigenvalue weighted by Gasteiger charge is 2.10. The number of nitrogens with two attached hydrogens (primary N) is 1. The maximum atomic E-state index is 11.3. The molecule has 0 fully saturated rings. The van der Waals surface area contributed by atoms with Crippen molar-refractivity contribution in [1.29, 1.82) is 0 Å². The van der Waals surface area contributed by atoms with Crippen molar-refractivity contribution in [3.05, 3.63) is 28.8 Å². The molecule has 0 aliphatic heterocycles. The number of anilines is 1. The Hall–Kier alpha value is -2.28. The van der Waals surface area contributed by atoms with Crippen LogP contribution >= 0.6 is 11.6 Å². The molecular weight excluding hydrogens is 262 g/mol. The first-order chi connectivity index (χ1) is 8.40. The van der Waals surface area contributed by atoms with Crippen LogP contribution in [0.1, 0.15) is 10.4 Å². The van der Waals surface area contributed by atoms with Gasteiger partial charge in [0.2, 0.25) is 5.91 Å². The van der Waals surface area contributed by atoms with Gasteiger partial charge in [-0.2, -0.15) is 0 Å². The molecule has 96 valence electrons. The molecule has 0 radical (unpaired) electrons. The lowest BCUT2D eigenvalue weighted by Gasteiger charge is -2.07. The Morgan fingerprint density at radius 2 is 2.00 bits per heavy atom. The fraction of sp³-hybridized carbons (Fsp3) is 0.100. The van der Waals surface area contributed by atoms with Crippen molar-refractivity contribution >= 4 is 35.2 Å². The molecular formula is C10H10ClN3O4. The largest absolute Gasteiger partial charge is 0.478 e. The topological polar surface area (TPSA) is 122 Å². The van der Waals surface area contributed by atoms with Gasteiger partial charge in [-0.1, -0.05) is 11.6 Å². The smallest absolute Gasteiger partial charge is 0.337 e. The number of aromatic carboxylic acids is 1. The van der Waals surface area contributed by atoms with E-state index in [1.54, 1.807) is 0 Å². The summed E-state index contributed by atoms with van der Waals surface area (Å²) in [6.45, 7) is -0.299. The average molecular weight is 272 g/mol. The minimum absolute atomic E-state index is 0.00444. The number of hydrogen-bond donors (Lipinski definition) is 4. The van der Waals surface area contributed by atoms with E-state index in [2.05, 4.69) is 10.6 Å². The number of carboxylic acid groups (broad SMARTS) is 1. The molecule has 18 heavy (non-hydrogen) atoms. The Kier molecular flexibility index (Phi) is 4.50. The first-order valence-electron chi connectivity index (χ1n) is 4.76. The van der Waals surface area contributed by atoms with Gasteiger partial charge in [-0.25, -0.2) is 9.59 Å². The van der Waals surface area contributed by atoms with Crippen molar-refractivity contribution in [2.24, 2.45) is 5.73 Å². The normalized spacial score (nSPS) is 9.61. The van der Waals surface area contributed by atoms with E-state index in [-0.39, 0.29) is 17.1 Å². The summed E-state index contributed by atoms with van der Waals surface area (Å²) in [5, 5.41) is 13.3. The van der Waals surface area contributed by atoms with Crippen molar-refractivity contribution in [2.45, 2.75) is 0 Å². The third-order valence-electron chi connectivity index (χ3n) is 1.88. The second kappa shape index (κ2) is 5.87. The highest BCUT2D eigenvalue weighted by molar-refractivity contribution is 6.33. The summed E-state index contributed by atoms with van der Waals surface area (Å²) in [7, 11) is 0. The van der Waals surface area contributed by atoms with Gasteiger partial charge in [-0.15, -0.1) is 0 Å². The number of carboxylic acids is 1. The van der Waals surface area contributed by atoms with E-state index in [4.69, 9.17) is 22.4 Å². The number of carbonyl (C=O) groups excluding carboxylic acids is 2. The number of hydrogen-bond acceptors (Lipinski definition) is 3. The highest BCUT2D eigenvalue weighted by atomic mass is 35.5. The van der Waals surface area contributed by atoms with Crippen LogP contribution in [0.15, 0.2) is 18.2 Å². The maximum Gasteiger partial charge on any atom is 0.337 e. The Balaban J connectivity index is 2.69. The van der Waals surface area contributed by atoms with E-state index in [0.29, 0.717) is 5.69 Å². The van der Waals surface area contributed by atoms with Crippen LogP contribution in [0.25, 0.3) is 0 Å². The molecule has 1 rings (SSSR count). The number of benzene rings is 1. The van der Waals surface area contributed by atoms with Gasteiger partial charge in [0, 0.05) is 5.69 Å². The van der Waals surface area contributed by atoms with Crippen LogP contribution in [0.4, 0.5) is 10.5 Å². The lowest BCUT2D eigenvalue weighted by molar-refractivity contribution is -0.117. The molecule has 0 unspecified atom stereocenters. The van der Waals surface area contributed by atoms with Crippen LogP contribution in [0.5, 0.6) is 0 Å². The van der Waals surface area contributed by atoms with Gasteiger partial charge in [-0.05, 0) is 18.2 Å². The van der Waals surface area contributed by atoms with Crippen molar-refractivity contribution in [1.82, 2.24) is 5.32 Å². The lowest BCUT2D eigenvalue weighted by atomic mass is 10.2. The molecule has 1 aromatic carbocycles. The van der Waals surface area contributed by atoms with E-state index < -0.39 is 17.9 Å². The van der Waals surface area contributed by atoms with Crippen LogP contribution in [0.2, 0.25) is 5.02 Å². The van der Waals surface area contributed by atoms with Gasteiger partial charge < -0.3 is 21.5 Å². The van der Waals surface area contributed by atoms with E-state index in [1.807, 2.05) is 0 Å². The first kappa shape index (κ1) is 13.8. The first-order valence-corrected chi connectivity index (χ1v) is 5.14. The van der Waals surface area contributed by atoms with Gasteiger partial charge in [-0.3, -0.25) is 4.79 Å². The quantitative estimate of drug-likeness (QED) is 0.642. The van der Waals surface area contributed by atoms with Gasteiger partial charge >= 0.3 is 12.0 Å². The molecule has 3 amide bonds. The summed E-state index contributed by atoms with van der Waals surface area (Å²) in [6.07, 6.45) is 0. The van der Waals surface area contributed by atoms with Crippen LogP contribution in [-0.4, -0.2) is 29.6 Å². The number of nitrogens with one attached hydrogen (secondary N) is 2. The third kappa shape index (κ3) is 3.95. The summed E-state index contributed by atoms with van der Waals surface area (Å²) >= 11 is 5.71. The van der Waals surface area contributed by atoms with Crippen LogP contribution < -0.4 is 16.4 Å². The van der Waals surface area contributed by atoms with Crippen LogP contribution in [0.3, 0.4) is 0 Å². The molecule has 0 saturated heterocycles.